The van der Waals surface area contributed by atoms with Gasteiger partial charge >= 0.3 is 6.61 Å². The summed E-state index contributed by atoms with van der Waals surface area (Å²) in [5.74, 6) is -0.425. The Morgan fingerprint density at radius 2 is 1.74 bits per heavy atom. The van der Waals surface area contributed by atoms with Crippen molar-refractivity contribution < 1.29 is 18.3 Å². The van der Waals surface area contributed by atoms with Gasteiger partial charge in [0.2, 0.25) is 0 Å². The number of carbonyl (C=O) groups is 1. The molecule has 0 saturated carbocycles. The summed E-state index contributed by atoms with van der Waals surface area (Å²) in [4.78, 5) is 16.5. The van der Waals surface area contributed by atoms with Crippen LogP contribution in [0.5, 0.6) is 5.75 Å². The molecule has 0 aliphatic carbocycles. The molecule has 0 unspecified atom stereocenters. The van der Waals surface area contributed by atoms with Gasteiger partial charge in [-0.25, -0.2) is 0 Å². The van der Waals surface area contributed by atoms with Crippen molar-refractivity contribution in [1.29, 1.82) is 5.26 Å². The average Bonchev–Trinajstić information content (AvgIpc) is 2.68. The Balaban J connectivity index is 1.63. The molecule has 0 radical (unpaired) electrons. The molecule has 1 aliphatic rings. The smallest absolute Gasteiger partial charge is 0.387 e. The molecule has 140 valence electrons. The van der Waals surface area contributed by atoms with Crippen molar-refractivity contribution in [2.45, 2.75) is 13.2 Å². The zero-order valence-corrected chi connectivity index (χ0v) is 14.6. The molecule has 1 heterocycles. The monoisotopic (exact) mass is 371 g/mol. The summed E-state index contributed by atoms with van der Waals surface area (Å²) in [5, 5.41) is 9.19. The predicted octanol–water partition coefficient (Wildman–Crippen LogP) is 3.12. The van der Waals surface area contributed by atoms with Gasteiger partial charge in [-0.2, -0.15) is 14.0 Å². The molecule has 0 atom stereocenters. The van der Waals surface area contributed by atoms with Crippen LogP contribution in [-0.2, 0) is 6.54 Å². The number of carbonyl (C=O) groups excluding carboxylic acids is 1. The Kier molecular flexibility index (Phi) is 5.99. The maximum absolute atomic E-state index is 12.7. The van der Waals surface area contributed by atoms with Crippen LogP contribution in [0.1, 0.15) is 21.5 Å². The Bertz CT molecular complexity index is 843. The molecule has 1 saturated heterocycles. The molecule has 1 aliphatic heterocycles. The second kappa shape index (κ2) is 8.60. The SMILES string of the molecule is N#Cc1ccccc1CN1CCN(C(=O)c2ccccc2OC(F)F)CC1. The van der Waals surface area contributed by atoms with Crippen LogP contribution in [0.2, 0.25) is 0 Å². The summed E-state index contributed by atoms with van der Waals surface area (Å²) >= 11 is 0. The Labute approximate surface area is 156 Å². The van der Waals surface area contributed by atoms with Crippen molar-refractivity contribution in [2.24, 2.45) is 0 Å². The van der Waals surface area contributed by atoms with Crippen LogP contribution in [0.4, 0.5) is 8.78 Å². The lowest BCUT2D eigenvalue weighted by Gasteiger charge is -2.35. The van der Waals surface area contributed by atoms with E-state index in [1.165, 1.54) is 12.1 Å². The fraction of sp³-hybridized carbons (Fsp3) is 0.300. The van der Waals surface area contributed by atoms with Crippen LogP contribution in [0.15, 0.2) is 48.5 Å². The largest absolute Gasteiger partial charge is 0.434 e. The molecule has 7 heteroatoms. The van der Waals surface area contributed by atoms with Gasteiger partial charge in [0.25, 0.3) is 5.91 Å². The molecule has 0 spiro atoms. The van der Waals surface area contributed by atoms with Crippen LogP contribution in [-0.4, -0.2) is 48.5 Å². The predicted molar refractivity (Wildman–Crippen MR) is 95.4 cm³/mol. The fourth-order valence-corrected chi connectivity index (χ4v) is 3.13. The lowest BCUT2D eigenvalue weighted by molar-refractivity contribution is -0.0503. The zero-order valence-electron chi connectivity index (χ0n) is 14.6. The Hall–Kier alpha value is -2.98. The number of benzene rings is 2. The first-order valence-electron chi connectivity index (χ1n) is 8.62. The van der Waals surface area contributed by atoms with E-state index in [4.69, 9.17) is 0 Å². The molecule has 1 fully saturated rings. The minimum Gasteiger partial charge on any atom is -0.434 e. The van der Waals surface area contributed by atoms with Gasteiger partial charge in [-0.05, 0) is 23.8 Å². The van der Waals surface area contributed by atoms with Crippen LogP contribution in [0.3, 0.4) is 0 Å². The number of amides is 1. The van der Waals surface area contributed by atoms with Gasteiger partial charge in [0, 0.05) is 32.7 Å². The number of nitriles is 1. The average molecular weight is 371 g/mol. The lowest BCUT2D eigenvalue weighted by Crippen LogP contribution is -2.48. The number of ether oxygens (including phenoxy) is 1. The van der Waals surface area contributed by atoms with E-state index in [1.54, 1.807) is 23.1 Å². The van der Waals surface area contributed by atoms with E-state index in [2.05, 4.69) is 15.7 Å². The number of halogens is 2. The van der Waals surface area contributed by atoms with E-state index in [0.29, 0.717) is 38.3 Å². The van der Waals surface area contributed by atoms with Crippen molar-refractivity contribution in [2.75, 3.05) is 26.2 Å². The molecule has 2 aromatic carbocycles. The molecule has 27 heavy (non-hydrogen) atoms. The van der Waals surface area contributed by atoms with E-state index in [1.807, 2.05) is 18.2 Å². The molecule has 0 bridgehead atoms. The molecule has 3 rings (SSSR count). The normalized spacial score (nSPS) is 14.8. The highest BCUT2D eigenvalue weighted by Crippen LogP contribution is 2.23. The minimum absolute atomic E-state index is 0.108. The third-order valence-electron chi connectivity index (χ3n) is 4.52. The van der Waals surface area contributed by atoms with Crippen LogP contribution >= 0.6 is 0 Å². The Morgan fingerprint density at radius 3 is 2.44 bits per heavy atom. The number of piperazine rings is 1. The van der Waals surface area contributed by atoms with Gasteiger partial charge in [0.05, 0.1) is 17.2 Å². The van der Waals surface area contributed by atoms with Gasteiger partial charge in [-0.15, -0.1) is 0 Å². The summed E-state index contributed by atoms with van der Waals surface area (Å²) in [5.41, 5.74) is 1.74. The topological polar surface area (TPSA) is 56.6 Å². The summed E-state index contributed by atoms with van der Waals surface area (Å²) < 4.78 is 29.6. The minimum atomic E-state index is -2.98. The van der Waals surface area contributed by atoms with Gasteiger partial charge < -0.3 is 9.64 Å². The van der Waals surface area contributed by atoms with Crippen molar-refractivity contribution in [3.05, 3.63) is 65.2 Å². The van der Waals surface area contributed by atoms with Crippen LogP contribution in [0.25, 0.3) is 0 Å². The molecule has 5 nitrogen and oxygen atoms in total. The van der Waals surface area contributed by atoms with Crippen molar-refractivity contribution in [3.63, 3.8) is 0 Å². The summed E-state index contributed by atoms with van der Waals surface area (Å²) in [6, 6.07) is 15.7. The molecular formula is C20H19F2N3O2. The molecule has 0 aromatic heterocycles. The summed E-state index contributed by atoms with van der Waals surface area (Å²) in [7, 11) is 0. The van der Waals surface area contributed by atoms with Crippen LogP contribution in [0, 0.1) is 11.3 Å². The summed E-state index contributed by atoms with van der Waals surface area (Å²) in [6.45, 7) is -0.0903. The van der Waals surface area contributed by atoms with Gasteiger partial charge in [0.1, 0.15) is 5.75 Å². The fourth-order valence-electron chi connectivity index (χ4n) is 3.13. The lowest BCUT2D eigenvalue weighted by atomic mass is 10.1. The van der Waals surface area contributed by atoms with E-state index in [0.717, 1.165) is 5.56 Å². The molecule has 1 amide bonds. The van der Waals surface area contributed by atoms with Gasteiger partial charge in [0.15, 0.2) is 0 Å². The van der Waals surface area contributed by atoms with Gasteiger partial charge in [-0.3, -0.25) is 9.69 Å². The second-order valence-corrected chi connectivity index (χ2v) is 6.21. The number of alkyl halides is 2. The third kappa shape index (κ3) is 4.60. The maximum atomic E-state index is 12.7. The standard InChI is InChI=1S/C20H19F2N3O2/c21-20(22)27-18-8-4-3-7-17(18)19(26)25-11-9-24(10-12-25)14-16-6-2-1-5-15(16)13-23/h1-8,20H,9-12,14H2. The van der Waals surface area contributed by atoms with Gasteiger partial charge in [-0.1, -0.05) is 30.3 Å². The summed E-state index contributed by atoms with van der Waals surface area (Å²) in [6.07, 6.45) is 0. The Morgan fingerprint density at radius 1 is 1.07 bits per heavy atom. The van der Waals surface area contributed by atoms with E-state index < -0.39 is 6.61 Å². The van der Waals surface area contributed by atoms with E-state index in [9.17, 15) is 18.8 Å². The zero-order chi connectivity index (χ0) is 19.2. The first-order valence-corrected chi connectivity index (χ1v) is 8.62. The van der Waals surface area contributed by atoms with Crippen LogP contribution < -0.4 is 4.74 Å². The first-order chi connectivity index (χ1) is 13.1. The van der Waals surface area contributed by atoms with Crippen molar-refractivity contribution in [3.8, 4) is 11.8 Å². The second-order valence-electron chi connectivity index (χ2n) is 6.21. The highest BCUT2D eigenvalue weighted by Gasteiger charge is 2.25. The third-order valence-corrected chi connectivity index (χ3v) is 4.52. The number of rotatable bonds is 5. The highest BCUT2D eigenvalue weighted by atomic mass is 19.3. The van der Waals surface area contributed by atoms with E-state index >= 15 is 0 Å². The molecular weight excluding hydrogens is 352 g/mol. The molecule has 2 aromatic rings. The highest BCUT2D eigenvalue weighted by molar-refractivity contribution is 5.97. The van der Waals surface area contributed by atoms with Crippen molar-refractivity contribution in [1.82, 2.24) is 9.80 Å². The quantitative estimate of drug-likeness (QED) is 0.810. The number of nitrogens with zero attached hydrogens (tertiary/aromatic N) is 3. The number of hydrogen-bond acceptors (Lipinski definition) is 4. The maximum Gasteiger partial charge on any atom is 0.387 e. The van der Waals surface area contributed by atoms with Crippen molar-refractivity contribution >= 4 is 5.91 Å². The first kappa shape index (κ1) is 18.8. The van der Waals surface area contributed by atoms with E-state index in [-0.39, 0.29) is 17.2 Å². The molecule has 0 N–H and O–H groups in total. The number of hydrogen-bond donors (Lipinski definition) is 0. The number of para-hydroxylation sites is 1.